The number of aliphatic hydroxyl groups excluding tert-OH is 1. The number of urea groups is 1. The van der Waals surface area contributed by atoms with E-state index in [2.05, 4.69) is 10.6 Å². The monoisotopic (exact) mass is 315 g/mol. The van der Waals surface area contributed by atoms with E-state index >= 15 is 0 Å². The molecule has 0 aliphatic rings. The fraction of sp³-hybridized carbons (Fsp3) is 0.188. The second kappa shape index (κ2) is 7.37. The predicted molar refractivity (Wildman–Crippen MR) is 86.3 cm³/mol. The Morgan fingerprint density at radius 1 is 1.26 bits per heavy atom. The van der Waals surface area contributed by atoms with Gasteiger partial charge in [0.15, 0.2) is 0 Å². The lowest BCUT2D eigenvalue weighted by atomic mass is 10.1. The molecule has 0 heterocycles. The molecule has 3 N–H and O–H groups in total. The normalized spacial score (nSPS) is 11.6. The van der Waals surface area contributed by atoms with Crippen molar-refractivity contribution in [2.24, 2.45) is 0 Å². The van der Waals surface area contributed by atoms with Crippen molar-refractivity contribution in [3.8, 4) is 0 Å². The van der Waals surface area contributed by atoms with Crippen LogP contribution < -0.4 is 10.6 Å². The number of hydrogen-bond donors (Lipinski definition) is 3. The molecule has 0 saturated carbocycles. The van der Waals surface area contributed by atoms with Crippen molar-refractivity contribution in [3.05, 3.63) is 69.8 Å². The van der Waals surface area contributed by atoms with E-state index in [9.17, 15) is 20.0 Å². The number of nitro benzene ring substituents is 1. The van der Waals surface area contributed by atoms with Crippen LogP contribution in [0.2, 0.25) is 0 Å². The molecule has 0 fully saturated rings. The first kappa shape index (κ1) is 16.4. The zero-order valence-electron chi connectivity index (χ0n) is 12.5. The highest BCUT2D eigenvalue weighted by Gasteiger charge is 2.12. The van der Waals surface area contributed by atoms with Crippen molar-refractivity contribution in [1.29, 1.82) is 0 Å². The summed E-state index contributed by atoms with van der Waals surface area (Å²) in [6.07, 6.45) is -0.805. The van der Waals surface area contributed by atoms with Gasteiger partial charge in [0.2, 0.25) is 0 Å². The van der Waals surface area contributed by atoms with Crippen LogP contribution in [0.1, 0.15) is 17.2 Å². The Kier molecular flexibility index (Phi) is 5.27. The Labute approximate surface area is 133 Å². The molecule has 0 aliphatic heterocycles. The third-order valence-corrected chi connectivity index (χ3v) is 3.29. The largest absolute Gasteiger partial charge is 0.387 e. The molecule has 0 saturated heterocycles. The van der Waals surface area contributed by atoms with Gasteiger partial charge >= 0.3 is 6.03 Å². The van der Waals surface area contributed by atoms with Gasteiger partial charge in [0.1, 0.15) is 0 Å². The number of hydrogen-bond acceptors (Lipinski definition) is 4. The molecule has 0 spiro atoms. The van der Waals surface area contributed by atoms with E-state index in [1.807, 2.05) is 6.07 Å². The Hall–Kier alpha value is -2.93. The summed E-state index contributed by atoms with van der Waals surface area (Å²) >= 11 is 0. The van der Waals surface area contributed by atoms with E-state index in [0.717, 1.165) is 0 Å². The first-order valence-corrected chi connectivity index (χ1v) is 7.00. The van der Waals surface area contributed by atoms with Gasteiger partial charge in [-0.3, -0.25) is 10.1 Å². The lowest BCUT2D eigenvalue weighted by Crippen LogP contribution is -2.32. The maximum absolute atomic E-state index is 11.8. The number of amides is 2. The number of nitro groups is 1. The minimum Gasteiger partial charge on any atom is -0.387 e. The minimum absolute atomic E-state index is 0.00421. The average Bonchev–Trinajstić information content (AvgIpc) is 2.53. The lowest BCUT2D eigenvalue weighted by Gasteiger charge is -2.13. The van der Waals surface area contributed by atoms with E-state index in [1.165, 1.54) is 18.2 Å². The standard InChI is InChI=1S/C16H17N3O4/c1-11-9-13(7-8-14(11)19(22)23)18-16(21)17-10-15(20)12-5-3-2-4-6-12/h2-9,15,20H,10H2,1H3,(H2,17,18,21)/t15-/m1/s1. The number of nitrogens with zero attached hydrogens (tertiary/aromatic N) is 1. The summed E-state index contributed by atoms with van der Waals surface area (Å²) in [5.41, 5.74) is 1.60. The van der Waals surface area contributed by atoms with Gasteiger partial charge in [-0.25, -0.2) is 4.79 Å². The van der Waals surface area contributed by atoms with Crippen LogP contribution in [0.5, 0.6) is 0 Å². The summed E-state index contributed by atoms with van der Waals surface area (Å²) in [6.45, 7) is 1.65. The fourth-order valence-corrected chi connectivity index (χ4v) is 2.10. The Morgan fingerprint density at radius 3 is 2.57 bits per heavy atom. The maximum Gasteiger partial charge on any atom is 0.319 e. The third kappa shape index (κ3) is 4.52. The molecule has 0 aliphatic carbocycles. The topological polar surface area (TPSA) is 104 Å². The van der Waals surface area contributed by atoms with Crippen molar-refractivity contribution in [2.45, 2.75) is 13.0 Å². The fourth-order valence-electron chi connectivity index (χ4n) is 2.10. The van der Waals surface area contributed by atoms with Crippen LogP contribution in [0, 0.1) is 17.0 Å². The second-order valence-corrected chi connectivity index (χ2v) is 5.02. The van der Waals surface area contributed by atoms with Gasteiger partial charge in [0.05, 0.1) is 11.0 Å². The molecular weight excluding hydrogens is 298 g/mol. The van der Waals surface area contributed by atoms with Crippen molar-refractivity contribution >= 4 is 17.4 Å². The zero-order valence-corrected chi connectivity index (χ0v) is 12.5. The SMILES string of the molecule is Cc1cc(NC(=O)NC[C@@H](O)c2ccccc2)ccc1[N+](=O)[O-]. The van der Waals surface area contributed by atoms with Crippen LogP contribution in [0.3, 0.4) is 0 Å². The van der Waals surface area contributed by atoms with Crippen LogP contribution in [-0.4, -0.2) is 22.6 Å². The number of benzene rings is 2. The molecule has 2 aromatic carbocycles. The van der Waals surface area contributed by atoms with Crippen LogP contribution in [0.15, 0.2) is 48.5 Å². The van der Waals surface area contributed by atoms with Gasteiger partial charge in [-0.2, -0.15) is 0 Å². The summed E-state index contributed by atoms with van der Waals surface area (Å²) in [5.74, 6) is 0. The van der Waals surface area contributed by atoms with E-state index < -0.39 is 17.1 Å². The van der Waals surface area contributed by atoms with Gasteiger partial charge in [-0.05, 0) is 24.6 Å². The summed E-state index contributed by atoms with van der Waals surface area (Å²) in [4.78, 5) is 22.1. The molecule has 7 nitrogen and oxygen atoms in total. The highest BCUT2D eigenvalue weighted by Crippen LogP contribution is 2.21. The molecule has 120 valence electrons. The third-order valence-electron chi connectivity index (χ3n) is 3.29. The lowest BCUT2D eigenvalue weighted by molar-refractivity contribution is -0.385. The zero-order chi connectivity index (χ0) is 16.8. The first-order chi connectivity index (χ1) is 11.0. The highest BCUT2D eigenvalue weighted by atomic mass is 16.6. The summed E-state index contributed by atoms with van der Waals surface area (Å²) in [5, 5.41) is 25.8. The molecule has 0 radical (unpaired) electrons. The average molecular weight is 315 g/mol. The van der Waals surface area contributed by atoms with Gasteiger partial charge in [-0.15, -0.1) is 0 Å². The first-order valence-electron chi connectivity index (χ1n) is 7.00. The van der Waals surface area contributed by atoms with Crippen molar-refractivity contribution in [1.82, 2.24) is 5.32 Å². The van der Waals surface area contributed by atoms with Crippen LogP contribution in [-0.2, 0) is 0 Å². The maximum atomic E-state index is 11.8. The number of carbonyl (C=O) groups excluding carboxylic acids is 1. The summed E-state index contributed by atoms with van der Waals surface area (Å²) in [7, 11) is 0. The molecule has 23 heavy (non-hydrogen) atoms. The molecular formula is C16H17N3O4. The van der Waals surface area contributed by atoms with E-state index in [4.69, 9.17) is 0 Å². The Balaban J connectivity index is 1.90. The number of aryl methyl sites for hydroxylation is 1. The molecule has 0 unspecified atom stereocenters. The number of nitrogens with one attached hydrogen (secondary N) is 2. The van der Waals surface area contributed by atoms with Crippen LogP contribution >= 0.6 is 0 Å². The van der Waals surface area contributed by atoms with Crippen molar-refractivity contribution in [3.63, 3.8) is 0 Å². The van der Waals surface area contributed by atoms with Gasteiger partial charge in [0.25, 0.3) is 5.69 Å². The number of rotatable bonds is 5. The molecule has 7 heteroatoms. The van der Waals surface area contributed by atoms with Gasteiger partial charge in [0, 0.05) is 23.9 Å². The van der Waals surface area contributed by atoms with E-state index in [-0.39, 0.29) is 12.2 Å². The van der Waals surface area contributed by atoms with Gasteiger partial charge in [-0.1, -0.05) is 30.3 Å². The van der Waals surface area contributed by atoms with E-state index in [0.29, 0.717) is 16.8 Å². The molecule has 2 rings (SSSR count). The smallest absolute Gasteiger partial charge is 0.319 e. The molecule has 0 bridgehead atoms. The minimum atomic E-state index is -0.805. The van der Waals surface area contributed by atoms with Gasteiger partial charge < -0.3 is 15.7 Å². The number of aliphatic hydroxyl groups is 1. The Bertz CT molecular complexity index is 704. The van der Waals surface area contributed by atoms with Crippen LogP contribution in [0.4, 0.5) is 16.2 Å². The molecule has 1 atom stereocenters. The number of carbonyl (C=O) groups is 1. The predicted octanol–water partition coefficient (Wildman–Crippen LogP) is 2.76. The summed E-state index contributed by atoms with van der Waals surface area (Å²) < 4.78 is 0. The molecule has 2 amide bonds. The van der Waals surface area contributed by atoms with E-state index in [1.54, 1.807) is 31.2 Å². The van der Waals surface area contributed by atoms with Crippen molar-refractivity contribution in [2.75, 3.05) is 11.9 Å². The number of anilines is 1. The molecule has 0 aromatic heterocycles. The van der Waals surface area contributed by atoms with Crippen LogP contribution in [0.25, 0.3) is 0 Å². The summed E-state index contributed by atoms with van der Waals surface area (Å²) in [6, 6.07) is 12.8. The highest BCUT2D eigenvalue weighted by molar-refractivity contribution is 5.89. The Morgan fingerprint density at radius 2 is 1.96 bits per heavy atom. The second-order valence-electron chi connectivity index (χ2n) is 5.02. The molecule has 2 aromatic rings. The quantitative estimate of drug-likeness (QED) is 0.583. The van der Waals surface area contributed by atoms with Crippen molar-refractivity contribution < 1.29 is 14.8 Å².